The van der Waals surface area contributed by atoms with E-state index in [2.05, 4.69) is 0 Å². The van der Waals surface area contributed by atoms with Gasteiger partial charge in [-0.25, -0.2) is 0 Å². The van der Waals surface area contributed by atoms with Gasteiger partial charge in [0.15, 0.2) is 0 Å². The fraction of sp³-hybridized carbons (Fsp3) is 0.833. The third-order valence-electron chi connectivity index (χ3n) is 1.25. The van der Waals surface area contributed by atoms with Crippen molar-refractivity contribution in [2.45, 2.75) is 26.2 Å². The maximum Gasteiger partial charge on any atom is 0.264 e. The molecule has 0 aromatic heterocycles. The van der Waals surface area contributed by atoms with Crippen LogP contribution in [0.2, 0.25) is 0 Å². The third-order valence-corrected chi connectivity index (χ3v) is 2.55. The van der Waals surface area contributed by atoms with E-state index in [9.17, 15) is 8.42 Å². The summed E-state index contributed by atoms with van der Waals surface area (Å²) in [5.41, 5.74) is 0. The first-order valence-corrected chi connectivity index (χ1v) is 5.44. The first-order chi connectivity index (χ1) is 4.95. The van der Waals surface area contributed by atoms with Gasteiger partial charge in [0.25, 0.3) is 10.1 Å². The Balaban J connectivity index is 3.51. The SMILES string of the molecule is CCC(=S)CCCS(=O)(=O)O. The first-order valence-electron chi connectivity index (χ1n) is 3.42. The lowest BCUT2D eigenvalue weighted by atomic mass is 10.2. The van der Waals surface area contributed by atoms with Crippen LogP contribution in [0.5, 0.6) is 0 Å². The molecule has 0 aromatic rings. The van der Waals surface area contributed by atoms with Crippen molar-refractivity contribution in [1.29, 1.82) is 0 Å². The molecule has 0 saturated carbocycles. The van der Waals surface area contributed by atoms with Gasteiger partial charge in [0.05, 0.1) is 5.75 Å². The molecular formula is C6H12O3S2. The lowest BCUT2D eigenvalue weighted by Crippen LogP contribution is -2.05. The minimum atomic E-state index is -3.79. The van der Waals surface area contributed by atoms with E-state index < -0.39 is 10.1 Å². The van der Waals surface area contributed by atoms with E-state index in [1.54, 1.807) is 0 Å². The molecule has 0 fully saturated rings. The summed E-state index contributed by atoms with van der Waals surface area (Å²) in [6.45, 7) is 1.93. The quantitative estimate of drug-likeness (QED) is 0.534. The molecule has 0 atom stereocenters. The van der Waals surface area contributed by atoms with Crippen LogP contribution in [0.4, 0.5) is 0 Å². The van der Waals surface area contributed by atoms with Crippen molar-refractivity contribution in [1.82, 2.24) is 0 Å². The Morgan fingerprint density at radius 3 is 2.45 bits per heavy atom. The van der Waals surface area contributed by atoms with Gasteiger partial charge in [-0.2, -0.15) is 8.42 Å². The Bertz CT molecular complexity index is 218. The number of rotatable bonds is 5. The van der Waals surface area contributed by atoms with Crippen LogP contribution in [0.25, 0.3) is 0 Å². The molecule has 0 unspecified atom stereocenters. The van der Waals surface area contributed by atoms with E-state index in [1.165, 1.54) is 0 Å². The van der Waals surface area contributed by atoms with Crippen molar-refractivity contribution in [3.05, 3.63) is 0 Å². The normalized spacial score (nSPS) is 11.5. The van der Waals surface area contributed by atoms with Gasteiger partial charge in [-0.3, -0.25) is 4.55 Å². The van der Waals surface area contributed by atoms with Crippen LogP contribution < -0.4 is 0 Å². The van der Waals surface area contributed by atoms with Gasteiger partial charge in [0, 0.05) is 0 Å². The van der Waals surface area contributed by atoms with Crippen LogP contribution in [-0.4, -0.2) is 23.6 Å². The fourth-order valence-electron chi connectivity index (χ4n) is 0.629. The highest BCUT2D eigenvalue weighted by Gasteiger charge is 2.03. The van der Waals surface area contributed by atoms with Crippen molar-refractivity contribution in [2.75, 3.05) is 5.75 Å². The Morgan fingerprint density at radius 2 is 2.09 bits per heavy atom. The molecule has 0 bridgehead atoms. The summed E-state index contributed by atoms with van der Waals surface area (Å²) >= 11 is 4.87. The lowest BCUT2D eigenvalue weighted by molar-refractivity contribution is 0.481. The summed E-state index contributed by atoms with van der Waals surface area (Å²) in [5, 5.41) is 0. The van der Waals surface area contributed by atoms with E-state index in [-0.39, 0.29) is 5.75 Å². The maximum absolute atomic E-state index is 10.2. The smallest absolute Gasteiger partial charge is 0.264 e. The molecule has 5 heteroatoms. The molecule has 0 rings (SSSR count). The van der Waals surface area contributed by atoms with Crippen LogP contribution in [0.3, 0.4) is 0 Å². The molecule has 66 valence electrons. The van der Waals surface area contributed by atoms with Crippen LogP contribution in [-0.2, 0) is 10.1 Å². The number of hydrogen-bond acceptors (Lipinski definition) is 3. The average Bonchev–Trinajstić information content (AvgIpc) is 1.85. The molecule has 3 nitrogen and oxygen atoms in total. The zero-order valence-corrected chi connectivity index (χ0v) is 8.04. The van der Waals surface area contributed by atoms with E-state index in [0.717, 1.165) is 11.3 Å². The van der Waals surface area contributed by atoms with Crippen LogP contribution >= 0.6 is 12.2 Å². The van der Waals surface area contributed by atoms with Crippen molar-refractivity contribution in [3.63, 3.8) is 0 Å². The molecule has 0 amide bonds. The molecule has 0 radical (unpaired) electrons. The van der Waals surface area contributed by atoms with E-state index in [0.29, 0.717) is 12.8 Å². The summed E-state index contributed by atoms with van der Waals surface area (Å²) in [6.07, 6.45) is 1.82. The van der Waals surface area contributed by atoms with Gasteiger partial charge in [0.2, 0.25) is 0 Å². The molecule has 0 aromatic carbocycles. The second-order valence-electron chi connectivity index (χ2n) is 2.28. The summed E-state index contributed by atoms with van der Waals surface area (Å²) in [4.78, 5) is 0.855. The molecule has 0 aliphatic rings. The molecular weight excluding hydrogens is 184 g/mol. The van der Waals surface area contributed by atoms with E-state index >= 15 is 0 Å². The number of thiocarbonyl (C=S) groups is 1. The summed E-state index contributed by atoms with van der Waals surface area (Å²) < 4.78 is 28.8. The predicted octanol–water partition coefficient (Wildman–Crippen LogP) is 1.43. The van der Waals surface area contributed by atoms with Crippen LogP contribution in [0, 0.1) is 0 Å². The third kappa shape index (κ3) is 7.90. The second-order valence-corrected chi connectivity index (χ2v) is 4.43. The van der Waals surface area contributed by atoms with Crippen molar-refractivity contribution < 1.29 is 13.0 Å². The van der Waals surface area contributed by atoms with Gasteiger partial charge < -0.3 is 0 Å². The number of hydrogen-bond donors (Lipinski definition) is 1. The zero-order valence-electron chi connectivity index (χ0n) is 6.41. The molecule has 0 aliphatic heterocycles. The fourth-order valence-corrected chi connectivity index (χ4v) is 1.28. The average molecular weight is 196 g/mol. The second kappa shape index (κ2) is 4.79. The highest BCUT2D eigenvalue weighted by atomic mass is 32.2. The summed E-state index contributed by atoms with van der Waals surface area (Å²) in [5.74, 6) is -0.187. The monoisotopic (exact) mass is 196 g/mol. The molecule has 0 aliphatic carbocycles. The highest BCUT2D eigenvalue weighted by molar-refractivity contribution is 7.85. The topological polar surface area (TPSA) is 54.4 Å². The van der Waals surface area contributed by atoms with Crippen molar-refractivity contribution >= 4 is 27.2 Å². The van der Waals surface area contributed by atoms with Gasteiger partial charge in [0.1, 0.15) is 0 Å². The van der Waals surface area contributed by atoms with Gasteiger partial charge in [-0.15, -0.1) is 0 Å². The van der Waals surface area contributed by atoms with Gasteiger partial charge in [-0.05, 0) is 24.1 Å². The largest absolute Gasteiger partial charge is 0.286 e. The highest BCUT2D eigenvalue weighted by Crippen LogP contribution is 1.99. The van der Waals surface area contributed by atoms with Crippen LogP contribution in [0.15, 0.2) is 0 Å². The molecule has 11 heavy (non-hydrogen) atoms. The molecule has 0 heterocycles. The Labute approximate surface area is 72.6 Å². The van der Waals surface area contributed by atoms with Crippen LogP contribution in [0.1, 0.15) is 26.2 Å². The lowest BCUT2D eigenvalue weighted by Gasteiger charge is -1.97. The summed E-state index contributed by atoms with van der Waals surface area (Å²) in [6, 6.07) is 0. The minimum Gasteiger partial charge on any atom is -0.286 e. The molecule has 1 N–H and O–H groups in total. The van der Waals surface area contributed by atoms with Gasteiger partial charge >= 0.3 is 0 Å². The minimum absolute atomic E-state index is 0.187. The molecule has 0 saturated heterocycles. The first kappa shape index (κ1) is 11.0. The van der Waals surface area contributed by atoms with Crippen molar-refractivity contribution in [2.24, 2.45) is 0 Å². The predicted molar refractivity (Wildman–Crippen MR) is 48.5 cm³/mol. The Kier molecular flexibility index (Phi) is 4.79. The maximum atomic E-state index is 10.2. The standard InChI is InChI=1S/C6H12O3S2/c1-2-6(10)4-3-5-11(7,8)9/h2-5H2,1H3,(H,7,8,9). The zero-order chi connectivity index (χ0) is 8.91. The Morgan fingerprint density at radius 1 is 1.55 bits per heavy atom. The summed E-state index contributed by atoms with van der Waals surface area (Å²) in [7, 11) is -3.79. The van der Waals surface area contributed by atoms with E-state index in [1.807, 2.05) is 6.92 Å². The molecule has 0 spiro atoms. The van der Waals surface area contributed by atoms with Crippen molar-refractivity contribution in [3.8, 4) is 0 Å². The Hall–Kier alpha value is -0.0000000000000000763. The van der Waals surface area contributed by atoms with Gasteiger partial charge in [-0.1, -0.05) is 19.1 Å². The van der Waals surface area contributed by atoms with E-state index in [4.69, 9.17) is 16.8 Å².